The molecule has 4 heterocycles. The number of aromatic nitrogens is 1. The van der Waals surface area contributed by atoms with Gasteiger partial charge in [0.15, 0.2) is 0 Å². The van der Waals surface area contributed by atoms with Crippen molar-refractivity contribution in [1.82, 2.24) is 14.9 Å². The number of amides is 1. The first-order valence-electron chi connectivity index (χ1n) is 9.88. The minimum Gasteiger partial charge on any atom is -0.467 e. The van der Waals surface area contributed by atoms with Gasteiger partial charge < -0.3 is 4.42 Å². The Kier molecular flexibility index (Phi) is 4.99. The van der Waals surface area contributed by atoms with E-state index in [4.69, 9.17) is 9.52 Å². The lowest BCUT2D eigenvalue weighted by Gasteiger charge is -2.25. The predicted molar refractivity (Wildman–Crippen MR) is 111 cm³/mol. The second-order valence-electron chi connectivity index (χ2n) is 7.50. The first kappa shape index (κ1) is 18.3. The predicted octanol–water partition coefficient (Wildman–Crippen LogP) is 4.08. The molecule has 3 aromatic rings. The highest BCUT2D eigenvalue weighted by molar-refractivity contribution is 7.12. The molecule has 1 saturated carbocycles. The van der Waals surface area contributed by atoms with Gasteiger partial charge in [-0.05, 0) is 48.1 Å². The molecule has 1 fully saturated rings. The molecule has 0 radical (unpaired) electrons. The van der Waals surface area contributed by atoms with Gasteiger partial charge in [-0.1, -0.05) is 12.1 Å². The molecular weight excluding hydrogens is 384 g/mol. The summed E-state index contributed by atoms with van der Waals surface area (Å²) in [4.78, 5) is 20.9. The molecule has 2 aliphatic rings. The van der Waals surface area contributed by atoms with Crippen molar-refractivity contribution >= 4 is 23.0 Å². The Bertz CT molecular complexity index is 981. The molecule has 0 aromatic carbocycles. The van der Waals surface area contributed by atoms with Crippen molar-refractivity contribution in [2.45, 2.75) is 37.9 Å². The molecule has 1 aliphatic heterocycles. The van der Waals surface area contributed by atoms with Crippen LogP contribution in [0.5, 0.6) is 0 Å². The first-order valence-corrected chi connectivity index (χ1v) is 10.8. The van der Waals surface area contributed by atoms with E-state index in [-0.39, 0.29) is 11.9 Å². The zero-order valence-corrected chi connectivity index (χ0v) is 16.8. The molecule has 3 aromatic heterocycles. The summed E-state index contributed by atoms with van der Waals surface area (Å²) in [5, 5.41) is 8.39. The average Bonchev–Trinajstić information content (AvgIpc) is 3.17. The third kappa shape index (κ3) is 4.02. The van der Waals surface area contributed by atoms with Gasteiger partial charge >= 0.3 is 0 Å². The van der Waals surface area contributed by atoms with Gasteiger partial charge in [-0.25, -0.2) is 5.01 Å². The molecule has 1 unspecified atom stereocenters. The van der Waals surface area contributed by atoms with Crippen LogP contribution >= 0.6 is 11.3 Å². The number of nitrogens with zero attached hydrogens (tertiary/aromatic N) is 4. The van der Waals surface area contributed by atoms with Crippen LogP contribution in [0, 0.1) is 0 Å². The van der Waals surface area contributed by atoms with E-state index in [1.54, 1.807) is 28.8 Å². The van der Waals surface area contributed by atoms with Gasteiger partial charge in [0, 0.05) is 31.4 Å². The SMILES string of the molecule is O=C(CN(Cc1cccnc1)C1CC1)N1N=C(c2cccs2)CC1c1ccco1. The molecular formula is C22H22N4O2S. The fraction of sp³-hybridized carbons (Fsp3) is 0.318. The van der Waals surface area contributed by atoms with Crippen molar-refractivity contribution in [3.63, 3.8) is 0 Å². The lowest BCUT2D eigenvalue weighted by atomic mass is 10.1. The van der Waals surface area contributed by atoms with E-state index in [2.05, 4.69) is 22.0 Å². The molecule has 0 spiro atoms. The highest BCUT2D eigenvalue weighted by atomic mass is 32.1. The van der Waals surface area contributed by atoms with Gasteiger partial charge in [0.1, 0.15) is 11.8 Å². The lowest BCUT2D eigenvalue weighted by Crippen LogP contribution is -2.39. The highest BCUT2D eigenvalue weighted by Crippen LogP contribution is 2.35. The molecule has 148 valence electrons. The number of hydrazone groups is 1. The van der Waals surface area contributed by atoms with Crippen LogP contribution in [0.2, 0.25) is 0 Å². The molecule has 7 heteroatoms. The van der Waals surface area contributed by atoms with Crippen molar-refractivity contribution in [1.29, 1.82) is 0 Å². The largest absolute Gasteiger partial charge is 0.467 e. The molecule has 0 bridgehead atoms. The molecule has 0 saturated heterocycles. The number of carbonyl (C=O) groups excluding carboxylic acids is 1. The first-order chi connectivity index (χ1) is 14.3. The summed E-state index contributed by atoms with van der Waals surface area (Å²) in [5.74, 6) is 0.785. The van der Waals surface area contributed by atoms with Crippen LogP contribution in [0.3, 0.4) is 0 Å². The number of rotatable bonds is 7. The zero-order valence-electron chi connectivity index (χ0n) is 16.0. The summed E-state index contributed by atoms with van der Waals surface area (Å²) in [6.45, 7) is 1.07. The second kappa shape index (κ2) is 7.93. The van der Waals surface area contributed by atoms with E-state index in [1.165, 1.54) is 0 Å². The second-order valence-corrected chi connectivity index (χ2v) is 8.44. The maximum atomic E-state index is 13.3. The van der Waals surface area contributed by atoms with Gasteiger partial charge in [-0.3, -0.25) is 14.7 Å². The Morgan fingerprint density at radius 3 is 2.86 bits per heavy atom. The van der Waals surface area contributed by atoms with Gasteiger partial charge in [0.05, 0.1) is 23.4 Å². The molecule has 6 nitrogen and oxygen atoms in total. The van der Waals surface area contributed by atoms with Crippen molar-refractivity contribution in [2.75, 3.05) is 6.54 Å². The zero-order chi connectivity index (χ0) is 19.6. The molecule has 0 N–H and O–H groups in total. The number of hydrogen-bond acceptors (Lipinski definition) is 6. The number of thiophene rings is 1. The molecule has 1 atom stereocenters. The maximum absolute atomic E-state index is 13.3. The third-order valence-electron chi connectivity index (χ3n) is 5.35. The normalized spacial score (nSPS) is 19.0. The Morgan fingerprint density at radius 2 is 2.17 bits per heavy atom. The van der Waals surface area contributed by atoms with Crippen LogP contribution in [0.1, 0.15) is 41.5 Å². The number of carbonyl (C=O) groups is 1. The fourth-order valence-electron chi connectivity index (χ4n) is 3.76. The van der Waals surface area contributed by atoms with Crippen molar-refractivity contribution in [3.05, 3.63) is 76.6 Å². The van der Waals surface area contributed by atoms with Crippen LogP contribution in [0.25, 0.3) is 0 Å². The summed E-state index contributed by atoms with van der Waals surface area (Å²) < 4.78 is 5.64. The Morgan fingerprint density at radius 1 is 1.24 bits per heavy atom. The Hall–Kier alpha value is -2.77. The maximum Gasteiger partial charge on any atom is 0.257 e. The summed E-state index contributed by atoms with van der Waals surface area (Å²) in [7, 11) is 0. The van der Waals surface area contributed by atoms with Crippen LogP contribution in [0.15, 0.2) is 70.0 Å². The standard InChI is InChI=1S/C22H22N4O2S/c27-22(15-25(17-7-8-17)14-16-4-1-9-23-13-16)26-19(20-5-2-10-28-20)12-18(24-26)21-6-3-11-29-21/h1-6,9-11,13,17,19H,7-8,12,14-15H2. The number of furan rings is 1. The van der Waals surface area contributed by atoms with E-state index in [1.807, 2.05) is 35.8 Å². The third-order valence-corrected chi connectivity index (χ3v) is 6.27. The van der Waals surface area contributed by atoms with Crippen LogP contribution in [-0.4, -0.2) is 39.1 Å². The van der Waals surface area contributed by atoms with E-state index in [9.17, 15) is 4.79 Å². The smallest absolute Gasteiger partial charge is 0.257 e. The summed E-state index contributed by atoms with van der Waals surface area (Å²) in [5.41, 5.74) is 2.07. The fourth-order valence-corrected chi connectivity index (χ4v) is 4.48. The lowest BCUT2D eigenvalue weighted by molar-refractivity contribution is -0.134. The van der Waals surface area contributed by atoms with E-state index < -0.39 is 0 Å². The van der Waals surface area contributed by atoms with Gasteiger partial charge in [-0.2, -0.15) is 5.10 Å². The van der Waals surface area contributed by atoms with E-state index in [0.29, 0.717) is 19.0 Å². The van der Waals surface area contributed by atoms with E-state index in [0.717, 1.165) is 41.3 Å². The summed E-state index contributed by atoms with van der Waals surface area (Å²) >= 11 is 1.65. The molecule has 1 amide bonds. The number of hydrogen-bond donors (Lipinski definition) is 0. The topological polar surface area (TPSA) is 61.9 Å². The molecule has 5 rings (SSSR count). The van der Waals surface area contributed by atoms with Crippen molar-refractivity contribution < 1.29 is 9.21 Å². The van der Waals surface area contributed by atoms with Gasteiger partial charge in [0.25, 0.3) is 5.91 Å². The van der Waals surface area contributed by atoms with Crippen LogP contribution in [0.4, 0.5) is 0 Å². The number of pyridine rings is 1. The highest BCUT2D eigenvalue weighted by Gasteiger charge is 2.37. The summed E-state index contributed by atoms with van der Waals surface area (Å²) in [6.07, 6.45) is 8.24. The Labute approximate surface area is 173 Å². The van der Waals surface area contributed by atoms with Gasteiger partial charge in [-0.15, -0.1) is 11.3 Å². The average molecular weight is 407 g/mol. The molecule has 1 aliphatic carbocycles. The Balaban J connectivity index is 1.36. The van der Waals surface area contributed by atoms with Crippen LogP contribution in [-0.2, 0) is 11.3 Å². The minimum atomic E-state index is -0.186. The monoisotopic (exact) mass is 406 g/mol. The quantitative estimate of drug-likeness (QED) is 0.593. The van der Waals surface area contributed by atoms with Crippen LogP contribution < -0.4 is 0 Å². The minimum absolute atomic E-state index is 0.00810. The van der Waals surface area contributed by atoms with Crippen molar-refractivity contribution in [2.24, 2.45) is 5.10 Å². The van der Waals surface area contributed by atoms with E-state index >= 15 is 0 Å². The molecule has 29 heavy (non-hydrogen) atoms. The van der Waals surface area contributed by atoms with Crippen molar-refractivity contribution in [3.8, 4) is 0 Å². The summed E-state index contributed by atoms with van der Waals surface area (Å²) in [6, 6.07) is 12.1. The van der Waals surface area contributed by atoms with Gasteiger partial charge in [0.2, 0.25) is 0 Å².